The topological polar surface area (TPSA) is 115 Å². The van der Waals surface area contributed by atoms with Crippen molar-refractivity contribution in [3.8, 4) is 23.0 Å². The van der Waals surface area contributed by atoms with Crippen LogP contribution in [0, 0.1) is 0 Å². The highest BCUT2D eigenvalue weighted by atomic mass is 35.5. The summed E-state index contributed by atoms with van der Waals surface area (Å²) < 4.78 is 43.8. The number of hydrogen-bond acceptors (Lipinski definition) is 8. The van der Waals surface area contributed by atoms with Crippen LogP contribution in [0.15, 0.2) is 51.8 Å². The number of benzene rings is 2. The molecule has 1 amide bonds. The van der Waals surface area contributed by atoms with Gasteiger partial charge in [0.1, 0.15) is 6.04 Å². The number of likely N-dealkylation sites (N-methyl/N-ethyl adjacent to an activating group) is 1. The Hall–Kier alpha value is -3.15. The predicted molar refractivity (Wildman–Crippen MR) is 128 cm³/mol. The standard InChI is InChI=1S/C23H25ClN4O6S/c1-27(14-21-25-26-22(34-21)15-6-11-19(32-2)20(13-15)33-3)23(29)18-5-4-12-28(18)35(30,31)17-9-7-16(24)8-10-17/h6-11,13,18H,4-5,12,14H2,1-3H3/t18-/m1/s1. The molecular weight excluding hydrogens is 496 g/mol. The van der Waals surface area contributed by atoms with Gasteiger partial charge in [0.05, 0.1) is 25.7 Å². The zero-order valence-corrected chi connectivity index (χ0v) is 21.0. The monoisotopic (exact) mass is 520 g/mol. The highest BCUT2D eigenvalue weighted by molar-refractivity contribution is 7.89. The lowest BCUT2D eigenvalue weighted by Gasteiger charge is -2.26. The molecule has 186 valence electrons. The second kappa shape index (κ2) is 10.2. The number of carbonyl (C=O) groups excluding carboxylic acids is 1. The van der Waals surface area contributed by atoms with E-state index in [0.29, 0.717) is 34.9 Å². The molecule has 0 N–H and O–H groups in total. The van der Waals surface area contributed by atoms with Crippen molar-refractivity contribution >= 4 is 27.5 Å². The van der Waals surface area contributed by atoms with E-state index in [0.717, 1.165) is 0 Å². The molecule has 0 radical (unpaired) electrons. The number of aromatic nitrogens is 2. The average molecular weight is 521 g/mol. The van der Waals surface area contributed by atoms with Gasteiger partial charge in [-0.25, -0.2) is 8.42 Å². The van der Waals surface area contributed by atoms with Gasteiger partial charge in [0.2, 0.25) is 27.7 Å². The molecule has 1 fully saturated rings. The second-order valence-electron chi connectivity index (χ2n) is 7.99. The zero-order chi connectivity index (χ0) is 25.2. The third-order valence-corrected chi connectivity index (χ3v) is 7.93. The molecule has 1 aliphatic heterocycles. The van der Waals surface area contributed by atoms with Gasteiger partial charge in [-0.1, -0.05) is 11.6 Å². The van der Waals surface area contributed by atoms with Crippen molar-refractivity contribution in [2.45, 2.75) is 30.3 Å². The maximum absolute atomic E-state index is 13.2. The fraction of sp³-hybridized carbons (Fsp3) is 0.348. The first-order valence-electron chi connectivity index (χ1n) is 10.8. The fourth-order valence-corrected chi connectivity index (χ4v) is 5.73. The Morgan fingerprint density at radius 3 is 2.54 bits per heavy atom. The quantitative estimate of drug-likeness (QED) is 0.444. The minimum atomic E-state index is -3.85. The summed E-state index contributed by atoms with van der Waals surface area (Å²) in [6, 6.07) is 10.3. The van der Waals surface area contributed by atoms with E-state index in [1.807, 2.05) is 0 Å². The van der Waals surface area contributed by atoms with Gasteiger partial charge in [0.15, 0.2) is 11.5 Å². The van der Waals surface area contributed by atoms with Crippen molar-refractivity contribution in [3.63, 3.8) is 0 Å². The largest absolute Gasteiger partial charge is 0.493 e. The SMILES string of the molecule is COc1ccc(-c2nnc(CN(C)C(=O)[C@H]3CCCN3S(=O)(=O)c3ccc(Cl)cc3)o2)cc1OC. The summed E-state index contributed by atoms with van der Waals surface area (Å²) >= 11 is 5.89. The highest BCUT2D eigenvalue weighted by Crippen LogP contribution is 2.32. The number of methoxy groups -OCH3 is 2. The molecule has 10 nitrogen and oxygen atoms in total. The molecule has 3 aromatic rings. The third kappa shape index (κ3) is 5.12. The molecule has 1 aromatic heterocycles. The van der Waals surface area contributed by atoms with Crippen LogP contribution in [0.3, 0.4) is 0 Å². The lowest BCUT2D eigenvalue weighted by Crippen LogP contribution is -2.46. The van der Waals surface area contributed by atoms with Crippen molar-refractivity contribution in [1.29, 1.82) is 0 Å². The van der Waals surface area contributed by atoms with E-state index in [9.17, 15) is 13.2 Å². The Bertz CT molecular complexity index is 1310. The van der Waals surface area contributed by atoms with Crippen molar-refractivity contribution in [1.82, 2.24) is 19.4 Å². The molecule has 1 saturated heterocycles. The first-order chi connectivity index (χ1) is 16.7. The van der Waals surface area contributed by atoms with Crippen LogP contribution in [-0.2, 0) is 21.4 Å². The molecule has 0 bridgehead atoms. The Morgan fingerprint density at radius 2 is 1.86 bits per heavy atom. The summed E-state index contributed by atoms with van der Waals surface area (Å²) in [5, 5.41) is 8.53. The van der Waals surface area contributed by atoms with E-state index < -0.39 is 16.1 Å². The molecule has 2 heterocycles. The van der Waals surface area contributed by atoms with Gasteiger partial charge in [-0.2, -0.15) is 4.31 Å². The fourth-order valence-electron chi connectivity index (χ4n) is 3.96. The Balaban J connectivity index is 1.48. The molecular formula is C23H25ClN4O6S. The predicted octanol–water partition coefficient (Wildman–Crippen LogP) is 3.22. The lowest BCUT2D eigenvalue weighted by molar-refractivity contribution is -0.134. The number of carbonyl (C=O) groups is 1. The van der Waals surface area contributed by atoms with Crippen LogP contribution in [0.1, 0.15) is 18.7 Å². The first-order valence-corrected chi connectivity index (χ1v) is 12.6. The molecule has 0 saturated carbocycles. The van der Waals surface area contributed by atoms with Gasteiger partial charge >= 0.3 is 0 Å². The van der Waals surface area contributed by atoms with Gasteiger partial charge in [-0.3, -0.25) is 4.79 Å². The summed E-state index contributed by atoms with van der Waals surface area (Å²) in [5.41, 5.74) is 0.631. The summed E-state index contributed by atoms with van der Waals surface area (Å²) in [6.07, 6.45) is 1.01. The summed E-state index contributed by atoms with van der Waals surface area (Å²) in [4.78, 5) is 14.7. The first kappa shape index (κ1) is 25.0. The highest BCUT2D eigenvalue weighted by Gasteiger charge is 2.40. The third-order valence-electron chi connectivity index (χ3n) is 5.75. The van der Waals surface area contributed by atoms with E-state index in [2.05, 4.69) is 10.2 Å². The molecule has 1 aliphatic rings. The number of rotatable bonds is 8. The molecule has 0 aliphatic carbocycles. The van der Waals surface area contributed by atoms with Crippen LogP contribution in [0.4, 0.5) is 0 Å². The van der Waals surface area contributed by atoms with Crippen LogP contribution < -0.4 is 9.47 Å². The normalized spacial score (nSPS) is 16.3. The van der Waals surface area contributed by atoms with Crippen LogP contribution in [-0.4, -0.2) is 67.6 Å². The number of hydrogen-bond donors (Lipinski definition) is 0. The van der Waals surface area contributed by atoms with Crippen molar-refractivity contribution < 1.29 is 27.1 Å². The number of halogens is 1. The van der Waals surface area contributed by atoms with Crippen LogP contribution in [0.2, 0.25) is 5.02 Å². The number of nitrogens with zero attached hydrogens (tertiary/aromatic N) is 4. The zero-order valence-electron chi connectivity index (χ0n) is 19.5. The van der Waals surface area contributed by atoms with Gasteiger partial charge in [-0.05, 0) is 55.3 Å². The molecule has 12 heteroatoms. The summed E-state index contributed by atoms with van der Waals surface area (Å²) in [7, 11) is 0.802. The Morgan fingerprint density at radius 1 is 1.14 bits per heavy atom. The van der Waals surface area contributed by atoms with Gasteiger partial charge in [-0.15, -0.1) is 10.2 Å². The Labute approximate surface area is 208 Å². The Kier molecular flexibility index (Phi) is 7.29. The minimum Gasteiger partial charge on any atom is -0.493 e. The molecule has 1 atom stereocenters. The van der Waals surface area contributed by atoms with Gasteiger partial charge in [0.25, 0.3) is 0 Å². The van der Waals surface area contributed by atoms with Crippen molar-refractivity contribution in [3.05, 3.63) is 53.4 Å². The summed E-state index contributed by atoms with van der Waals surface area (Å²) in [6.45, 7) is 0.295. The molecule has 35 heavy (non-hydrogen) atoms. The maximum atomic E-state index is 13.2. The molecule has 0 unspecified atom stereocenters. The number of sulfonamides is 1. The van der Waals surface area contributed by atoms with Crippen LogP contribution in [0.5, 0.6) is 11.5 Å². The summed E-state index contributed by atoms with van der Waals surface area (Å²) in [5.74, 6) is 1.22. The maximum Gasteiger partial charge on any atom is 0.247 e. The molecule has 4 rings (SSSR count). The van der Waals surface area contributed by atoms with Crippen molar-refractivity contribution in [2.75, 3.05) is 27.8 Å². The van der Waals surface area contributed by atoms with E-state index in [1.54, 1.807) is 32.4 Å². The van der Waals surface area contributed by atoms with Crippen molar-refractivity contribution in [2.24, 2.45) is 0 Å². The van der Waals surface area contributed by atoms with Gasteiger partial charge < -0.3 is 18.8 Å². The number of ether oxygens (including phenoxy) is 2. The van der Waals surface area contributed by atoms with Crippen LogP contribution in [0.25, 0.3) is 11.5 Å². The van der Waals surface area contributed by atoms with Crippen LogP contribution >= 0.6 is 11.6 Å². The smallest absolute Gasteiger partial charge is 0.247 e. The lowest BCUT2D eigenvalue weighted by atomic mass is 10.2. The average Bonchev–Trinajstić information content (AvgIpc) is 3.54. The second-order valence-corrected chi connectivity index (χ2v) is 10.3. The van der Waals surface area contributed by atoms with Gasteiger partial charge in [0, 0.05) is 24.2 Å². The van der Waals surface area contributed by atoms with E-state index in [1.165, 1.54) is 40.6 Å². The molecule has 2 aromatic carbocycles. The minimum absolute atomic E-state index is 0.0322. The van der Waals surface area contributed by atoms with E-state index in [-0.39, 0.29) is 35.7 Å². The number of amides is 1. The van der Waals surface area contributed by atoms with E-state index >= 15 is 0 Å². The molecule has 0 spiro atoms. The van der Waals surface area contributed by atoms with E-state index in [4.69, 9.17) is 25.5 Å².